The smallest absolute Gasteiger partial charge is 0.338 e. The van der Waals surface area contributed by atoms with Gasteiger partial charge in [-0.1, -0.05) is 53.3 Å². The summed E-state index contributed by atoms with van der Waals surface area (Å²) in [6, 6.07) is 20.3. The number of aryl methyl sites for hydroxylation is 1. The number of rotatable bonds is 9. The van der Waals surface area contributed by atoms with Gasteiger partial charge in [-0.05, 0) is 97.3 Å². The first-order valence-corrected chi connectivity index (χ1v) is 16.0. The molecule has 0 unspecified atom stereocenters. The Morgan fingerprint density at radius 3 is 2.45 bits per heavy atom. The van der Waals surface area contributed by atoms with Crippen LogP contribution in [0.15, 0.2) is 81.7 Å². The Bertz CT molecular complexity index is 1970. The molecular formula is C34H30IN3O5S. The van der Waals surface area contributed by atoms with Gasteiger partial charge >= 0.3 is 5.97 Å². The molecule has 0 aliphatic carbocycles. The number of esters is 1. The Morgan fingerprint density at radius 2 is 1.80 bits per heavy atom. The van der Waals surface area contributed by atoms with Crippen molar-refractivity contribution in [2.45, 2.75) is 40.3 Å². The van der Waals surface area contributed by atoms with Gasteiger partial charge in [0.05, 0.1) is 50.3 Å². The zero-order valence-corrected chi connectivity index (χ0v) is 27.7. The average molecular weight is 720 g/mol. The van der Waals surface area contributed by atoms with Crippen LogP contribution in [0.3, 0.4) is 0 Å². The van der Waals surface area contributed by atoms with E-state index in [9.17, 15) is 9.59 Å². The topological polar surface area (TPSA) is 103 Å². The molecule has 1 atom stereocenters. The van der Waals surface area contributed by atoms with E-state index in [0.29, 0.717) is 50.9 Å². The number of hydrogen-bond donors (Lipinski definition) is 0. The molecule has 1 aliphatic heterocycles. The van der Waals surface area contributed by atoms with Crippen LogP contribution in [-0.4, -0.2) is 23.8 Å². The number of hydrogen-bond acceptors (Lipinski definition) is 8. The lowest BCUT2D eigenvalue weighted by Gasteiger charge is -2.24. The third-order valence-electron chi connectivity index (χ3n) is 7.01. The van der Waals surface area contributed by atoms with Crippen LogP contribution < -0.4 is 24.4 Å². The van der Waals surface area contributed by atoms with Crippen LogP contribution in [0.5, 0.6) is 11.5 Å². The summed E-state index contributed by atoms with van der Waals surface area (Å²) in [6.07, 6.45) is 1.81. The van der Waals surface area contributed by atoms with Crippen molar-refractivity contribution >= 4 is 46.0 Å². The number of halogens is 1. The van der Waals surface area contributed by atoms with Crippen molar-refractivity contribution in [1.29, 1.82) is 5.26 Å². The molecule has 0 bridgehead atoms. The van der Waals surface area contributed by atoms with Crippen LogP contribution in [0.25, 0.3) is 6.08 Å². The molecule has 44 heavy (non-hydrogen) atoms. The molecule has 8 nitrogen and oxygen atoms in total. The van der Waals surface area contributed by atoms with Crippen molar-refractivity contribution in [3.05, 3.63) is 123 Å². The number of ether oxygens (including phenoxy) is 3. The molecule has 5 rings (SSSR count). The molecular weight excluding hydrogens is 689 g/mol. The highest BCUT2D eigenvalue weighted by molar-refractivity contribution is 14.1. The molecule has 0 N–H and O–H groups in total. The lowest BCUT2D eigenvalue weighted by Crippen LogP contribution is -2.39. The highest BCUT2D eigenvalue weighted by atomic mass is 127. The Labute approximate surface area is 272 Å². The van der Waals surface area contributed by atoms with Crippen LogP contribution in [-0.2, 0) is 16.1 Å². The van der Waals surface area contributed by atoms with E-state index in [4.69, 9.17) is 19.5 Å². The van der Waals surface area contributed by atoms with E-state index in [0.717, 1.165) is 25.8 Å². The molecule has 1 aromatic heterocycles. The molecule has 0 radical (unpaired) electrons. The SMILES string of the molecule is CCOC(=O)C1=C(C)N=c2s/c(=C\c3cc(I)c(OCc4ccc(C#N)cc4)c(OCC)c3)c(=O)n2[C@@H]1c1ccc(C)cc1. The van der Waals surface area contributed by atoms with Gasteiger partial charge in [-0.15, -0.1) is 0 Å². The predicted molar refractivity (Wildman–Crippen MR) is 177 cm³/mol. The molecule has 0 amide bonds. The number of benzene rings is 3. The highest BCUT2D eigenvalue weighted by Crippen LogP contribution is 2.35. The van der Waals surface area contributed by atoms with Crippen LogP contribution in [0, 0.1) is 21.8 Å². The van der Waals surface area contributed by atoms with Gasteiger partial charge in [-0.25, -0.2) is 9.79 Å². The van der Waals surface area contributed by atoms with Crippen LogP contribution in [0.1, 0.15) is 54.6 Å². The van der Waals surface area contributed by atoms with Crippen molar-refractivity contribution in [3.8, 4) is 17.6 Å². The number of carbonyl (C=O) groups excluding carboxylic acids is 1. The maximum Gasteiger partial charge on any atom is 0.338 e. The standard InChI is InChI=1S/C34H30IN3O5S/c1-5-41-27-16-24(15-26(35)31(27)43-19-23-11-9-22(18-36)10-12-23)17-28-32(39)38-30(25-13-7-20(3)8-14-25)29(33(40)42-6-2)21(4)37-34(38)44-28/h7-17,30H,5-6,19H2,1-4H3/b28-17-/t30-/m1/s1. The van der Waals surface area contributed by atoms with Crippen molar-refractivity contribution in [2.75, 3.05) is 13.2 Å². The van der Waals surface area contributed by atoms with Crippen LogP contribution in [0.4, 0.5) is 0 Å². The summed E-state index contributed by atoms with van der Waals surface area (Å²) in [5.74, 6) is 0.677. The van der Waals surface area contributed by atoms with Gasteiger partial charge in [0.1, 0.15) is 6.61 Å². The third-order valence-corrected chi connectivity index (χ3v) is 8.79. The van der Waals surface area contributed by atoms with E-state index < -0.39 is 12.0 Å². The molecule has 0 spiro atoms. The monoisotopic (exact) mass is 719 g/mol. The molecule has 0 saturated carbocycles. The number of carbonyl (C=O) groups is 1. The number of nitriles is 1. The first kappa shape index (κ1) is 31.2. The Hall–Kier alpha value is -4.21. The van der Waals surface area contributed by atoms with Gasteiger partial charge in [0, 0.05) is 0 Å². The average Bonchev–Trinajstić information content (AvgIpc) is 3.30. The summed E-state index contributed by atoms with van der Waals surface area (Å²) in [7, 11) is 0. The predicted octanol–water partition coefficient (Wildman–Crippen LogP) is 5.56. The minimum atomic E-state index is -0.662. The van der Waals surface area contributed by atoms with E-state index in [2.05, 4.69) is 33.7 Å². The molecule has 10 heteroatoms. The molecule has 224 valence electrons. The number of fused-ring (bicyclic) bond motifs is 1. The zero-order valence-electron chi connectivity index (χ0n) is 24.7. The minimum Gasteiger partial charge on any atom is -0.490 e. The largest absolute Gasteiger partial charge is 0.490 e. The summed E-state index contributed by atoms with van der Waals surface area (Å²) >= 11 is 3.48. The minimum absolute atomic E-state index is 0.217. The van der Waals surface area contributed by atoms with Crippen LogP contribution in [0.2, 0.25) is 0 Å². The second-order valence-corrected chi connectivity index (χ2v) is 12.2. The normalized spacial score (nSPS) is 14.5. The fourth-order valence-corrected chi connectivity index (χ4v) is 6.74. The van der Waals surface area contributed by atoms with Crippen molar-refractivity contribution in [3.63, 3.8) is 0 Å². The number of nitrogens with zero attached hydrogens (tertiary/aromatic N) is 3. The van der Waals surface area contributed by atoms with Crippen molar-refractivity contribution in [1.82, 2.24) is 4.57 Å². The fraction of sp³-hybridized carbons (Fsp3) is 0.235. The fourth-order valence-electron chi connectivity index (χ4n) is 4.91. The lowest BCUT2D eigenvalue weighted by molar-refractivity contribution is -0.139. The third kappa shape index (κ3) is 6.49. The highest BCUT2D eigenvalue weighted by Gasteiger charge is 2.33. The van der Waals surface area contributed by atoms with Crippen LogP contribution >= 0.6 is 33.9 Å². The van der Waals surface area contributed by atoms with E-state index >= 15 is 0 Å². The maximum absolute atomic E-state index is 14.0. The van der Waals surface area contributed by atoms with E-state index in [1.807, 2.05) is 68.5 Å². The molecule has 1 aliphatic rings. The first-order valence-electron chi connectivity index (χ1n) is 14.1. The molecule has 0 fully saturated rings. The number of thiazole rings is 1. The number of aromatic nitrogens is 1. The maximum atomic E-state index is 14.0. The zero-order chi connectivity index (χ0) is 31.4. The quantitative estimate of drug-likeness (QED) is 0.166. The van der Waals surface area contributed by atoms with Gasteiger partial charge in [0.15, 0.2) is 16.3 Å². The summed E-state index contributed by atoms with van der Waals surface area (Å²) in [5, 5.41) is 9.06. The second-order valence-electron chi connectivity index (χ2n) is 10.1. The Morgan fingerprint density at radius 1 is 1.07 bits per heavy atom. The molecule has 2 heterocycles. The van der Waals surface area contributed by atoms with E-state index in [-0.39, 0.29) is 12.2 Å². The van der Waals surface area contributed by atoms with Crippen molar-refractivity contribution < 1.29 is 19.0 Å². The molecule has 4 aromatic rings. The van der Waals surface area contributed by atoms with Gasteiger partial charge in [0.2, 0.25) is 0 Å². The molecule has 0 saturated heterocycles. The summed E-state index contributed by atoms with van der Waals surface area (Å²) in [5.41, 5.74) is 4.79. The number of allylic oxidation sites excluding steroid dienone is 1. The van der Waals surface area contributed by atoms with Gasteiger partial charge in [-0.2, -0.15) is 5.26 Å². The first-order chi connectivity index (χ1) is 21.2. The second kappa shape index (κ2) is 13.6. The van der Waals surface area contributed by atoms with Gasteiger partial charge in [-0.3, -0.25) is 9.36 Å². The summed E-state index contributed by atoms with van der Waals surface area (Å²) in [6.45, 7) is 8.38. The van der Waals surface area contributed by atoms with Gasteiger partial charge < -0.3 is 14.2 Å². The summed E-state index contributed by atoms with van der Waals surface area (Å²) in [4.78, 5) is 32.3. The van der Waals surface area contributed by atoms with Crippen molar-refractivity contribution in [2.24, 2.45) is 4.99 Å². The lowest BCUT2D eigenvalue weighted by atomic mass is 9.95. The van der Waals surface area contributed by atoms with E-state index in [1.165, 1.54) is 11.3 Å². The summed E-state index contributed by atoms with van der Waals surface area (Å²) < 4.78 is 20.4. The molecule has 3 aromatic carbocycles. The van der Waals surface area contributed by atoms with Gasteiger partial charge in [0.25, 0.3) is 5.56 Å². The Kier molecular flexibility index (Phi) is 9.66. The Balaban J connectivity index is 1.56. The van der Waals surface area contributed by atoms with E-state index in [1.54, 1.807) is 30.5 Å².